The molecule has 1 N–H and O–H groups in total. The second-order valence-electron chi connectivity index (χ2n) is 5.29. The lowest BCUT2D eigenvalue weighted by Crippen LogP contribution is -2.20. The summed E-state index contributed by atoms with van der Waals surface area (Å²) >= 11 is 0. The number of rotatable bonds is 6. The van der Waals surface area contributed by atoms with E-state index >= 15 is 0 Å². The van der Waals surface area contributed by atoms with Crippen LogP contribution in [0, 0.1) is 11.3 Å². The van der Waals surface area contributed by atoms with Crippen molar-refractivity contribution in [2.75, 3.05) is 11.9 Å². The van der Waals surface area contributed by atoms with E-state index in [2.05, 4.69) is 5.32 Å². The largest absolute Gasteiger partial charge is 0.484 e. The molecular weight excluding hydrogens is 333 g/mol. The number of nitrogens with zero attached hydrogens (tertiary/aromatic N) is 1. The lowest BCUT2D eigenvalue weighted by Gasteiger charge is -2.15. The number of nitriles is 1. The summed E-state index contributed by atoms with van der Waals surface area (Å²) in [6.45, 7) is 0.156. The molecule has 0 amide bonds. The van der Waals surface area contributed by atoms with Crippen LogP contribution < -0.4 is 10.1 Å². The van der Waals surface area contributed by atoms with Crippen LogP contribution in [0.5, 0.6) is 5.75 Å². The number of para-hydroxylation sites is 1. The van der Waals surface area contributed by atoms with E-state index in [4.69, 9.17) is 10.00 Å². The van der Waals surface area contributed by atoms with Gasteiger partial charge in [0.05, 0.1) is 11.6 Å². The van der Waals surface area contributed by atoms with Crippen LogP contribution in [0.1, 0.15) is 28.4 Å². The van der Waals surface area contributed by atoms with E-state index in [1.807, 2.05) is 6.07 Å². The van der Waals surface area contributed by atoms with Crippen LogP contribution in [-0.2, 0) is 6.54 Å². The van der Waals surface area contributed by atoms with Gasteiger partial charge in [-0.2, -0.15) is 18.4 Å². The molecule has 0 saturated carbocycles. The highest BCUT2D eigenvalue weighted by atomic mass is 19.4. The first kappa shape index (κ1) is 18.3. The van der Waals surface area contributed by atoms with Crippen molar-refractivity contribution in [2.24, 2.45) is 0 Å². The molecule has 0 atom stereocenters. The molecule has 0 fully saturated rings. The molecule has 0 aliphatic carbocycles. The standard InChI is InChI=1S/C18H15F3N2O2/c1-12(24)15-7-6-13(9-22)8-16(15)23-10-14-4-2-3-5-17(14)25-11-18(19,20)21/h2-8,23H,10-11H2,1H3. The Balaban J connectivity index is 2.19. The molecule has 0 heterocycles. The van der Waals surface area contributed by atoms with Crippen LogP contribution in [0.2, 0.25) is 0 Å². The van der Waals surface area contributed by atoms with E-state index in [1.165, 1.54) is 31.2 Å². The van der Waals surface area contributed by atoms with Crippen LogP contribution in [0.25, 0.3) is 0 Å². The molecule has 25 heavy (non-hydrogen) atoms. The van der Waals surface area contributed by atoms with Crippen LogP contribution in [0.4, 0.5) is 18.9 Å². The van der Waals surface area contributed by atoms with Crippen molar-refractivity contribution >= 4 is 11.5 Å². The quantitative estimate of drug-likeness (QED) is 0.790. The van der Waals surface area contributed by atoms with Gasteiger partial charge in [-0.15, -0.1) is 0 Å². The van der Waals surface area contributed by atoms with Crippen LogP contribution in [0.15, 0.2) is 42.5 Å². The molecule has 0 aliphatic rings. The molecule has 130 valence electrons. The Morgan fingerprint density at radius 2 is 1.96 bits per heavy atom. The number of ether oxygens (including phenoxy) is 1. The summed E-state index contributed by atoms with van der Waals surface area (Å²) in [5.74, 6) is -0.0817. The number of carbonyl (C=O) groups is 1. The molecule has 0 bridgehead atoms. The molecule has 7 heteroatoms. The maximum absolute atomic E-state index is 12.3. The normalized spacial score (nSPS) is 10.8. The summed E-state index contributed by atoms with van der Waals surface area (Å²) in [6.07, 6.45) is -4.43. The van der Waals surface area contributed by atoms with Gasteiger partial charge in [0.2, 0.25) is 0 Å². The third-order valence-electron chi connectivity index (χ3n) is 3.36. The molecule has 4 nitrogen and oxygen atoms in total. The molecule has 2 rings (SSSR count). The molecule has 0 unspecified atom stereocenters. The highest BCUT2D eigenvalue weighted by molar-refractivity contribution is 5.99. The van der Waals surface area contributed by atoms with Crippen LogP contribution >= 0.6 is 0 Å². The van der Waals surface area contributed by atoms with Crippen molar-refractivity contribution in [3.8, 4) is 11.8 Å². The Kier molecular flexibility index (Phi) is 5.65. The summed E-state index contributed by atoms with van der Waals surface area (Å²) < 4.78 is 41.8. The molecule has 2 aromatic rings. The number of alkyl halides is 3. The van der Waals surface area contributed by atoms with Crippen molar-refractivity contribution in [3.63, 3.8) is 0 Å². The van der Waals surface area contributed by atoms with E-state index in [-0.39, 0.29) is 18.1 Å². The minimum atomic E-state index is -4.43. The van der Waals surface area contributed by atoms with E-state index in [1.54, 1.807) is 18.2 Å². The zero-order chi connectivity index (χ0) is 18.4. The average Bonchev–Trinajstić information content (AvgIpc) is 2.57. The van der Waals surface area contributed by atoms with Crippen molar-refractivity contribution in [1.82, 2.24) is 0 Å². The minimum Gasteiger partial charge on any atom is -0.484 e. The lowest BCUT2D eigenvalue weighted by atomic mass is 10.1. The number of nitrogens with one attached hydrogen (secondary N) is 1. The molecule has 0 aliphatic heterocycles. The van der Waals surface area contributed by atoms with Crippen LogP contribution in [-0.4, -0.2) is 18.6 Å². The Morgan fingerprint density at radius 1 is 1.24 bits per heavy atom. The fourth-order valence-corrected chi connectivity index (χ4v) is 2.21. The fraction of sp³-hybridized carbons (Fsp3) is 0.222. The van der Waals surface area contributed by atoms with Gasteiger partial charge in [0.15, 0.2) is 12.4 Å². The van der Waals surface area contributed by atoms with E-state index in [0.29, 0.717) is 22.4 Å². The molecule has 0 radical (unpaired) electrons. The van der Waals surface area contributed by atoms with Gasteiger partial charge in [-0.3, -0.25) is 4.79 Å². The smallest absolute Gasteiger partial charge is 0.422 e. The number of hydrogen-bond acceptors (Lipinski definition) is 4. The van der Waals surface area contributed by atoms with Crippen molar-refractivity contribution in [2.45, 2.75) is 19.6 Å². The summed E-state index contributed by atoms with van der Waals surface area (Å²) in [6, 6.07) is 12.9. The van der Waals surface area contributed by atoms with Gasteiger partial charge >= 0.3 is 6.18 Å². The predicted octanol–water partition coefficient (Wildman–Crippen LogP) is 4.31. The lowest BCUT2D eigenvalue weighted by molar-refractivity contribution is -0.153. The Labute approximate surface area is 142 Å². The van der Waals surface area contributed by atoms with Crippen molar-refractivity contribution < 1.29 is 22.7 Å². The highest BCUT2D eigenvalue weighted by Gasteiger charge is 2.28. The summed E-state index contributed by atoms with van der Waals surface area (Å²) in [7, 11) is 0. The minimum absolute atomic E-state index is 0.105. The fourth-order valence-electron chi connectivity index (χ4n) is 2.21. The number of hydrogen-bond donors (Lipinski definition) is 1. The number of Topliss-reactive ketones (excluding diaryl/α,β-unsaturated/α-hetero) is 1. The first-order valence-corrected chi connectivity index (χ1v) is 7.36. The molecule has 0 saturated heterocycles. The number of benzene rings is 2. The molecule has 0 spiro atoms. The van der Waals surface area contributed by atoms with E-state index < -0.39 is 12.8 Å². The zero-order valence-corrected chi connectivity index (χ0v) is 13.4. The third kappa shape index (κ3) is 5.24. The number of carbonyl (C=O) groups excluding carboxylic acids is 1. The van der Waals surface area contributed by atoms with Gasteiger partial charge in [0.1, 0.15) is 5.75 Å². The maximum atomic E-state index is 12.3. The molecule has 2 aromatic carbocycles. The number of ketones is 1. The summed E-state index contributed by atoms with van der Waals surface area (Å²) in [4.78, 5) is 11.7. The molecular formula is C18H15F3N2O2. The van der Waals surface area contributed by atoms with Gasteiger partial charge in [-0.1, -0.05) is 18.2 Å². The third-order valence-corrected chi connectivity index (χ3v) is 3.36. The second kappa shape index (κ2) is 7.71. The van der Waals surface area contributed by atoms with Gasteiger partial charge < -0.3 is 10.1 Å². The Hall–Kier alpha value is -3.01. The van der Waals surface area contributed by atoms with Gasteiger partial charge in [-0.25, -0.2) is 0 Å². The van der Waals surface area contributed by atoms with E-state index in [9.17, 15) is 18.0 Å². The maximum Gasteiger partial charge on any atom is 0.422 e. The average molecular weight is 348 g/mol. The van der Waals surface area contributed by atoms with Crippen molar-refractivity contribution in [1.29, 1.82) is 5.26 Å². The summed E-state index contributed by atoms with van der Waals surface area (Å²) in [5.41, 5.74) is 1.71. The first-order valence-electron chi connectivity index (χ1n) is 7.36. The van der Waals surface area contributed by atoms with Crippen LogP contribution in [0.3, 0.4) is 0 Å². The zero-order valence-electron chi connectivity index (χ0n) is 13.4. The number of anilines is 1. The van der Waals surface area contributed by atoms with Crippen molar-refractivity contribution in [3.05, 3.63) is 59.2 Å². The highest BCUT2D eigenvalue weighted by Crippen LogP contribution is 2.24. The second-order valence-corrected chi connectivity index (χ2v) is 5.29. The predicted molar refractivity (Wildman–Crippen MR) is 86.5 cm³/mol. The molecule has 0 aromatic heterocycles. The topological polar surface area (TPSA) is 62.1 Å². The van der Waals surface area contributed by atoms with Gasteiger partial charge in [-0.05, 0) is 31.2 Å². The number of halogens is 3. The summed E-state index contributed by atoms with van der Waals surface area (Å²) in [5, 5.41) is 12.0. The van der Waals surface area contributed by atoms with E-state index in [0.717, 1.165) is 0 Å². The Bertz CT molecular complexity index is 811. The SMILES string of the molecule is CC(=O)c1ccc(C#N)cc1NCc1ccccc1OCC(F)(F)F. The van der Waals surface area contributed by atoms with Gasteiger partial charge in [0.25, 0.3) is 0 Å². The Morgan fingerprint density at radius 3 is 2.60 bits per heavy atom. The van der Waals surface area contributed by atoms with Gasteiger partial charge in [0, 0.05) is 23.4 Å². The monoisotopic (exact) mass is 348 g/mol. The first-order chi connectivity index (χ1) is 11.8.